The molecule has 0 saturated heterocycles. The maximum Gasteiger partial charge on any atom is 0.339 e. The van der Waals surface area contributed by atoms with Crippen LogP contribution in [0.5, 0.6) is 34.5 Å². The van der Waals surface area contributed by atoms with E-state index in [0.29, 0.717) is 28.4 Å². The second-order valence-corrected chi connectivity index (χ2v) is 8.72. The standard InChI is InChI=1S/C25H26O8S/c1-16-6-11-19(12-7-16)34(27,28)33-25-20(29-2)13-10-18(23(25)26)9-8-17-14-21(30-3)24(32-5)22(15-17)31-4/h6-15,26H,1-5H3/b9-8+. The lowest BCUT2D eigenvalue weighted by Crippen LogP contribution is -2.10. The smallest absolute Gasteiger partial charge is 0.339 e. The van der Waals surface area contributed by atoms with E-state index < -0.39 is 15.9 Å². The lowest BCUT2D eigenvalue weighted by molar-refractivity contribution is 0.324. The van der Waals surface area contributed by atoms with Gasteiger partial charge in [-0.3, -0.25) is 0 Å². The number of ether oxygens (including phenoxy) is 4. The van der Waals surface area contributed by atoms with E-state index in [0.717, 1.165) is 5.56 Å². The summed E-state index contributed by atoms with van der Waals surface area (Å²) in [7, 11) is 1.68. The topological polar surface area (TPSA) is 101 Å². The average molecular weight is 487 g/mol. The van der Waals surface area contributed by atoms with Gasteiger partial charge in [0.1, 0.15) is 4.90 Å². The van der Waals surface area contributed by atoms with Crippen molar-refractivity contribution in [1.82, 2.24) is 0 Å². The number of hydrogen-bond acceptors (Lipinski definition) is 8. The molecule has 0 aliphatic heterocycles. The zero-order valence-corrected chi connectivity index (χ0v) is 20.3. The van der Waals surface area contributed by atoms with Crippen LogP contribution in [0.1, 0.15) is 16.7 Å². The van der Waals surface area contributed by atoms with Crippen molar-refractivity contribution in [3.8, 4) is 34.5 Å². The van der Waals surface area contributed by atoms with Crippen molar-refractivity contribution >= 4 is 22.3 Å². The lowest BCUT2D eigenvalue weighted by Gasteiger charge is -2.14. The van der Waals surface area contributed by atoms with Gasteiger partial charge < -0.3 is 28.2 Å². The maximum atomic E-state index is 12.8. The Morgan fingerprint density at radius 1 is 0.735 bits per heavy atom. The van der Waals surface area contributed by atoms with Gasteiger partial charge in [-0.05, 0) is 48.9 Å². The minimum absolute atomic E-state index is 0.0436. The van der Waals surface area contributed by atoms with Gasteiger partial charge in [0.2, 0.25) is 11.5 Å². The monoisotopic (exact) mass is 486 g/mol. The molecule has 3 aromatic carbocycles. The van der Waals surface area contributed by atoms with Crippen molar-refractivity contribution in [3.05, 3.63) is 65.2 Å². The van der Waals surface area contributed by atoms with E-state index in [2.05, 4.69) is 0 Å². The molecule has 0 saturated carbocycles. The molecule has 0 bridgehead atoms. The van der Waals surface area contributed by atoms with E-state index in [1.54, 1.807) is 42.5 Å². The summed E-state index contributed by atoms with van der Waals surface area (Å²) < 4.78 is 52.1. The number of phenolic OH excluding ortho intramolecular Hbond substituents is 1. The number of aryl methyl sites for hydroxylation is 1. The van der Waals surface area contributed by atoms with Crippen molar-refractivity contribution in [2.45, 2.75) is 11.8 Å². The van der Waals surface area contributed by atoms with E-state index in [9.17, 15) is 13.5 Å². The molecule has 9 heteroatoms. The molecular formula is C25H26O8S. The van der Waals surface area contributed by atoms with Crippen LogP contribution >= 0.6 is 0 Å². The predicted octanol–water partition coefficient (Wildman–Crippen LogP) is 4.67. The molecule has 0 aliphatic carbocycles. The van der Waals surface area contributed by atoms with E-state index in [1.165, 1.54) is 46.6 Å². The molecule has 3 rings (SSSR count). The van der Waals surface area contributed by atoms with Crippen LogP contribution in [-0.4, -0.2) is 42.0 Å². The first kappa shape index (κ1) is 24.8. The number of methoxy groups -OCH3 is 4. The molecule has 0 atom stereocenters. The molecule has 34 heavy (non-hydrogen) atoms. The van der Waals surface area contributed by atoms with E-state index in [4.69, 9.17) is 23.1 Å². The van der Waals surface area contributed by atoms with Crippen LogP contribution in [0.15, 0.2) is 53.4 Å². The first-order valence-electron chi connectivity index (χ1n) is 10.1. The summed E-state index contributed by atoms with van der Waals surface area (Å²) in [6, 6.07) is 12.7. The van der Waals surface area contributed by atoms with Crippen LogP contribution in [-0.2, 0) is 10.1 Å². The van der Waals surface area contributed by atoms with E-state index in [-0.39, 0.29) is 16.4 Å². The van der Waals surface area contributed by atoms with Crippen molar-refractivity contribution in [1.29, 1.82) is 0 Å². The molecule has 0 aliphatic rings. The molecule has 0 spiro atoms. The first-order valence-corrected chi connectivity index (χ1v) is 11.5. The third kappa shape index (κ3) is 5.20. The fraction of sp³-hybridized carbons (Fsp3) is 0.200. The summed E-state index contributed by atoms with van der Waals surface area (Å²) in [6.45, 7) is 1.84. The third-order valence-electron chi connectivity index (χ3n) is 4.99. The Kier molecular flexibility index (Phi) is 7.57. The fourth-order valence-corrected chi connectivity index (χ4v) is 4.14. The molecule has 0 radical (unpaired) electrons. The average Bonchev–Trinajstić information content (AvgIpc) is 2.83. The Hall–Kier alpha value is -3.85. The number of aromatic hydroxyl groups is 1. The van der Waals surface area contributed by atoms with E-state index >= 15 is 0 Å². The molecule has 180 valence electrons. The summed E-state index contributed by atoms with van der Waals surface area (Å²) >= 11 is 0. The van der Waals surface area contributed by atoms with Crippen molar-refractivity contribution in [2.24, 2.45) is 0 Å². The van der Waals surface area contributed by atoms with E-state index in [1.807, 2.05) is 6.92 Å². The summed E-state index contributed by atoms with van der Waals surface area (Å²) in [4.78, 5) is -0.0436. The number of hydrogen-bond donors (Lipinski definition) is 1. The van der Waals surface area contributed by atoms with Gasteiger partial charge in [-0.1, -0.05) is 29.8 Å². The van der Waals surface area contributed by atoms with Gasteiger partial charge in [0.15, 0.2) is 23.0 Å². The van der Waals surface area contributed by atoms with Gasteiger partial charge in [-0.15, -0.1) is 0 Å². The van der Waals surface area contributed by atoms with Crippen LogP contribution in [0.2, 0.25) is 0 Å². The summed E-state index contributed by atoms with van der Waals surface area (Å²) in [5.41, 5.74) is 1.90. The van der Waals surface area contributed by atoms with Crippen LogP contribution in [0.25, 0.3) is 12.2 Å². The molecule has 0 unspecified atom stereocenters. The SMILES string of the molecule is COc1cc(/C=C/c2ccc(OC)c(OS(=O)(=O)c3ccc(C)cc3)c2O)cc(OC)c1OC. The zero-order chi connectivity index (χ0) is 24.9. The molecule has 1 N–H and O–H groups in total. The number of benzene rings is 3. The maximum absolute atomic E-state index is 12.8. The summed E-state index contributed by atoms with van der Waals surface area (Å²) in [5, 5.41) is 10.8. The Bertz CT molecular complexity index is 1270. The summed E-state index contributed by atoms with van der Waals surface area (Å²) in [5.74, 6) is 0.751. The second-order valence-electron chi connectivity index (χ2n) is 7.18. The summed E-state index contributed by atoms with van der Waals surface area (Å²) in [6.07, 6.45) is 3.30. The van der Waals surface area contributed by atoms with Crippen molar-refractivity contribution in [2.75, 3.05) is 28.4 Å². The number of phenols is 1. The fourth-order valence-electron chi connectivity index (χ4n) is 3.19. The lowest BCUT2D eigenvalue weighted by atomic mass is 10.1. The molecular weight excluding hydrogens is 460 g/mol. The number of rotatable bonds is 9. The predicted molar refractivity (Wildman–Crippen MR) is 129 cm³/mol. The first-order chi connectivity index (χ1) is 16.2. The van der Waals surface area contributed by atoms with Gasteiger partial charge in [0.25, 0.3) is 0 Å². The highest BCUT2D eigenvalue weighted by molar-refractivity contribution is 7.87. The van der Waals surface area contributed by atoms with Gasteiger partial charge in [-0.25, -0.2) is 0 Å². The Morgan fingerprint density at radius 3 is 1.85 bits per heavy atom. The van der Waals surface area contributed by atoms with Crippen LogP contribution in [0.3, 0.4) is 0 Å². The second kappa shape index (κ2) is 10.4. The molecule has 0 amide bonds. The minimum Gasteiger partial charge on any atom is -0.504 e. The Balaban J connectivity index is 2.00. The van der Waals surface area contributed by atoms with Gasteiger partial charge in [-0.2, -0.15) is 8.42 Å². The molecule has 0 heterocycles. The van der Waals surface area contributed by atoms with Crippen molar-refractivity contribution in [3.63, 3.8) is 0 Å². The Labute approximate surface area is 199 Å². The van der Waals surface area contributed by atoms with Crippen molar-refractivity contribution < 1.29 is 36.7 Å². The molecule has 0 aromatic heterocycles. The highest BCUT2D eigenvalue weighted by Gasteiger charge is 2.23. The van der Waals surface area contributed by atoms with Gasteiger partial charge in [0.05, 0.1) is 28.4 Å². The van der Waals surface area contributed by atoms with Crippen LogP contribution in [0.4, 0.5) is 0 Å². The molecule has 3 aromatic rings. The third-order valence-corrected chi connectivity index (χ3v) is 6.23. The zero-order valence-electron chi connectivity index (χ0n) is 19.5. The quantitative estimate of drug-likeness (QED) is 0.344. The minimum atomic E-state index is -4.21. The van der Waals surface area contributed by atoms with Gasteiger partial charge >= 0.3 is 10.1 Å². The normalized spacial score (nSPS) is 11.3. The largest absolute Gasteiger partial charge is 0.504 e. The molecule has 0 fully saturated rings. The Morgan fingerprint density at radius 2 is 1.32 bits per heavy atom. The van der Waals surface area contributed by atoms with Crippen LogP contribution < -0.4 is 23.1 Å². The highest BCUT2D eigenvalue weighted by Crippen LogP contribution is 2.42. The highest BCUT2D eigenvalue weighted by atomic mass is 32.2. The van der Waals surface area contributed by atoms with Crippen LogP contribution in [0, 0.1) is 6.92 Å². The van der Waals surface area contributed by atoms with Gasteiger partial charge in [0, 0.05) is 5.56 Å². The molecule has 8 nitrogen and oxygen atoms in total.